The van der Waals surface area contributed by atoms with Gasteiger partial charge in [-0.05, 0) is 46.9 Å². The second kappa shape index (κ2) is 8.38. The Morgan fingerprint density at radius 3 is 2.45 bits per heavy atom. The fourth-order valence-corrected chi connectivity index (χ4v) is 4.75. The molecule has 0 atom stereocenters. The average Bonchev–Trinajstić information content (AvgIpc) is 3.27. The highest BCUT2D eigenvalue weighted by atomic mass is 35.5. The Morgan fingerprint density at radius 2 is 1.81 bits per heavy atom. The van der Waals surface area contributed by atoms with Gasteiger partial charge in [0, 0.05) is 16.6 Å². The van der Waals surface area contributed by atoms with Gasteiger partial charge in [-0.2, -0.15) is 0 Å². The largest absolute Gasteiger partial charge is 0.493 e. The van der Waals surface area contributed by atoms with E-state index in [1.165, 1.54) is 11.3 Å². The number of fused-ring (bicyclic) bond motifs is 1. The molecule has 31 heavy (non-hydrogen) atoms. The lowest BCUT2D eigenvalue weighted by atomic mass is 9.99. The summed E-state index contributed by atoms with van der Waals surface area (Å²) in [7, 11) is 1.61. The Kier molecular flexibility index (Phi) is 5.95. The predicted molar refractivity (Wildman–Crippen MR) is 128 cm³/mol. The van der Waals surface area contributed by atoms with E-state index >= 15 is 0 Å². The molecule has 0 saturated carbocycles. The number of halogens is 2. The zero-order chi connectivity index (χ0) is 22.3. The van der Waals surface area contributed by atoms with E-state index in [0.717, 1.165) is 26.6 Å². The standard InChI is InChI=1S/C24H23Cl2NO3S/c1-24(2,3)13-30-19-8-6-16(11-20(19)29-4)27-12-15-10-21(31-22(15)23(27)28)14-5-7-17(25)18(26)9-14/h5-11H,12-13H2,1-4H3. The number of hydrogen-bond acceptors (Lipinski definition) is 4. The lowest BCUT2D eigenvalue weighted by molar-refractivity contribution is 0.1000. The minimum Gasteiger partial charge on any atom is -0.493 e. The van der Waals surface area contributed by atoms with Crippen molar-refractivity contribution in [1.29, 1.82) is 0 Å². The van der Waals surface area contributed by atoms with Crippen molar-refractivity contribution >= 4 is 46.1 Å². The highest BCUT2D eigenvalue weighted by Gasteiger charge is 2.32. The van der Waals surface area contributed by atoms with Crippen molar-refractivity contribution in [3.63, 3.8) is 0 Å². The molecule has 0 saturated heterocycles. The first-order valence-electron chi connectivity index (χ1n) is 9.87. The van der Waals surface area contributed by atoms with Crippen molar-refractivity contribution in [2.75, 3.05) is 18.6 Å². The molecule has 4 rings (SSSR count). The van der Waals surface area contributed by atoms with E-state index in [9.17, 15) is 4.79 Å². The normalized spacial score (nSPS) is 13.5. The van der Waals surface area contributed by atoms with Crippen molar-refractivity contribution in [2.45, 2.75) is 27.3 Å². The Labute approximate surface area is 196 Å². The first kappa shape index (κ1) is 22.0. The maximum absolute atomic E-state index is 13.1. The van der Waals surface area contributed by atoms with Gasteiger partial charge in [-0.25, -0.2) is 0 Å². The van der Waals surface area contributed by atoms with Crippen LogP contribution in [0, 0.1) is 5.41 Å². The summed E-state index contributed by atoms with van der Waals surface area (Å²) in [5, 5.41) is 1.02. The maximum atomic E-state index is 13.1. The van der Waals surface area contributed by atoms with Gasteiger partial charge in [0.1, 0.15) is 0 Å². The predicted octanol–water partition coefficient (Wildman–Crippen LogP) is 7.32. The number of methoxy groups -OCH3 is 1. The number of thiophene rings is 1. The molecule has 0 aliphatic carbocycles. The van der Waals surface area contributed by atoms with Gasteiger partial charge >= 0.3 is 0 Å². The molecule has 0 N–H and O–H groups in total. The van der Waals surface area contributed by atoms with E-state index in [1.54, 1.807) is 18.1 Å². The van der Waals surface area contributed by atoms with E-state index in [0.29, 0.717) is 34.7 Å². The molecule has 162 valence electrons. The van der Waals surface area contributed by atoms with Crippen molar-refractivity contribution in [1.82, 2.24) is 0 Å². The highest BCUT2D eigenvalue weighted by molar-refractivity contribution is 7.17. The van der Waals surface area contributed by atoms with Gasteiger partial charge in [0.2, 0.25) is 0 Å². The summed E-state index contributed by atoms with van der Waals surface area (Å²) in [5.41, 5.74) is 2.78. The fraction of sp³-hybridized carbons (Fsp3) is 0.292. The minimum absolute atomic E-state index is 0.0169. The molecule has 0 bridgehead atoms. The number of amides is 1. The highest BCUT2D eigenvalue weighted by Crippen LogP contribution is 2.41. The van der Waals surface area contributed by atoms with Crippen LogP contribution in [0.3, 0.4) is 0 Å². The van der Waals surface area contributed by atoms with E-state index in [-0.39, 0.29) is 11.3 Å². The summed E-state index contributed by atoms with van der Waals surface area (Å²) < 4.78 is 11.4. The second-order valence-corrected chi connectivity index (χ2v) is 10.5. The number of rotatable bonds is 5. The summed E-state index contributed by atoms with van der Waals surface area (Å²) in [6, 6.07) is 13.2. The van der Waals surface area contributed by atoms with Crippen LogP contribution in [-0.4, -0.2) is 19.6 Å². The first-order chi connectivity index (χ1) is 14.7. The zero-order valence-corrected chi connectivity index (χ0v) is 20.1. The van der Waals surface area contributed by atoms with Gasteiger partial charge in [-0.1, -0.05) is 50.0 Å². The molecule has 7 heteroatoms. The third kappa shape index (κ3) is 4.54. The van der Waals surface area contributed by atoms with Crippen molar-refractivity contribution < 1.29 is 14.3 Å². The van der Waals surface area contributed by atoms with E-state index < -0.39 is 0 Å². The molecule has 0 spiro atoms. The summed E-state index contributed by atoms with van der Waals surface area (Å²) in [5.74, 6) is 1.27. The molecule has 3 aromatic rings. The van der Waals surface area contributed by atoms with Crippen LogP contribution in [0.15, 0.2) is 42.5 Å². The van der Waals surface area contributed by atoms with Gasteiger partial charge in [0.25, 0.3) is 5.91 Å². The van der Waals surface area contributed by atoms with Gasteiger partial charge in [0.05, 0.1) is 35.2 Å². The van der Waals surface area contributed by atoms with Crippen LogP contribution in [0.4, 0.5) is 5.69 Å². The van der Waals surface area contributed by atoms with Crippen LogP contribution >= 0.6 is 34.5 Å². The molecule has 4 nitrogen and oxygen atoms in total. The summed E-state index contributed by atoms with van der Waals surface area (Å²) in [6.45, 7) is 7.42. The Balaban J connectivity index is 1.56. The monoisotopic (exact) mass is 475 g/mol. The molecule has 1 aromatic heterocycles. The summed E-state index contributed by atoms with van der Waals surface area (Å²) in [4.78, 5) is 16.6. The Morgan fingerprint density at radius 1 is 1.03 bits per heavy atom. The maximum Gasteiger partial charge on any atom is 0.269 e. The van der Waals surface area contributed by atoms with Crippen molar-refractivity contribution in [3.05, 3.63) is 63.0 Å². The van der Waals surface area contributed by atoms with Gasteiger partial charge < -0.3 is 14.4 Å². The van der Waals surface area contributed by atoms with Crippen LogP contribution in [0.1, 0.15) is 36.0 Å². The van der Waals surface area contributed by atoms with E-state index in [2.05, 4.69) is 26.8 Å². The number of ether oxygens (including phenoxy) is 2. The number of benzene rings is 2. The van der Waals surface area contributed by atoms with Crippen LogP contribution in [0.5, 0.6) is 11.5 Å². The number of carbonyl (C=O) groups excluding carboxylic acids is 1. The minimum atomic E-state index is -0.0169. The molecule has 1 aliphatic rings. The fourth-order valence-electron chi connectivity index (χ4n) is 3.33. The van der Waals surface area contributed by atoms with Crippen molar-refractivity contribution in [2.24, 2.45) is 5.41 Å². The third-order valence-electron chi connectivity index (χ3n) is 4.90. The van der Waals surface area contributed by atoms with Gasteiger partial charge in [0.15, 0.2) is 11.5 Å². The quantitative estimate of drug-likeness (QED) is 0.387. The first-order valence-corrected chi connectivity index (χ1v) is 11.4. The number of carbonyl (C=O) groups is 1. The van der Waals surface area contributed by atoms with Crippen molar-refractivity contribution in [3.8, 4) is 21.9 Å². The molecule has 0 radical (unpaired) electrons. The van der Waals surface area contributed by atoms with Gasteiger partial charge in [-0.15, -0.1) is 11.3 Å². The SMILES string of the molecule is COc1cc(N2Cc3cc(-c4ccc(Cl)c(Cl)c4)sc3C2=O)ccc1OCC(C)(C)C. The van der Waals surface area contributed by atoms with Crippen LogP contribution in [0.2, 0.25) is 10.0 Å². The smallest absolute Gasteiger partial charge is 0.269 e. The van der Waals surface area contributed by atoms with Crippen LogP contribution in [-0.2, 0) is 6.54 Å². The number of anilines is 1. The molecule has 1 amide bonds. The van der Waals surface area contributed by atoms with Gasteiger partial charge in [-0.3, -0.25) is 4.79 Å². The Hall–Kier alpha value is -2.21. The third-order valence-corrected chi connectivity index (χ3v) is 6.85. The summed E-state index contributed by atoms with van der Waals surface area (Å²) >= 11 is 13.6. The number of nitrogens with zero attached hydrogens (tertiary/aromatic N) is 1. The summed E-state index contributed by atoms with van der Waals surface area (Å²) in [6.07, 6.45) is 0. The lowest BCUT2D eigenvalue weighted by Gasteiger charge is -2.22. The van der Waals surface area contributed by atoms with Crippen LogP contribution < -0.4 is 14.4 Å². The van der Waals surface area contributed by atoms with Crippen LogP contribution in [0.25, 0.3) is 10.4 Å². The zero-order valence-electron chi connectivity index (χ0n) is 17.8. The average molecular weight is 476 g/mol. The Bertz CT molecular complexity index is 1150. The molecule has 0 fully saturated rings. The molecular formula is C24H23Cl2NO3S. The molecule has 1 aliphatic heterocycles. The van der Waals surface area contributed by atoms with E-state index in [1.807, 2.05) is 30.3 Å². The second-order valence-electron chi connectivity index (χ2n) is 8.67. The molecule has 0 unspecified atom stereocenters. The molecular weight excluding hydrogens is 453 g/mol. The number of hydrogen-bond donors (Lipinski definition) is 0. The van der Waals surface area contributed by atoms with E-state index in [4.69, 9.17) is 32.7 Å². The molecule has 2 aromatic carbocycles. The molecule has 2 heterocycles. The lowest BCUT2D eigenvalue weighted by Crippen LogP contribution is -2.23. The topological polar surface area (TPSA) is 38.8 Å².